The molecule has 2 rings (SSSR count). The molecule has 0 aliphatic rings. The van der Waals surface area contributed by atoms with Crippen LogP contribution in [0.15, 0.2) is 30.3 Å². The third-order valence-electron chi connectivity index (χ3n) is 4.16. The topological polar surface area (TPSA) is 105 Å². The van der Waals surface area contributed by atoms with Crippen LogP contribution in [-0.4, -0.2) is 50.3 Å². The van der Waals surface area contributed by atoms with Crippen molar-refractivity contribution in [2.24, 2.45) is 0 Å². The molecular weight excluding hydrogens is 435 g/mol. The van der Waals surface area contributed by atoms with Crippen LogP contribution in [0.25, 0.3) is 11.1 Å². The number of carbonyl (C=O) groups excluding carboxylic acids is 4. The molecule has 0 aliphatic carbocycles. The molecule has 8 nitrogen and oxygen atoms in total. The van der Waals surface area contributed by atoms with Crippen LogP contribution in [0.3, 0.4) is 0 Å². The lowest BCUT2D eigenvalue weighted by Crippen LogP contribution is -2.21. The van der Waals surface area contributed by atoms with Crippen LogP contribution in [-0.2, 0) is 18.9 Å². The average molecular weight is 460 g/mol. The largest absolute Gasteiger partial charge is 0.462 e. The Labute approximate surface area is 187 Å². The standard InChI is InChI=1S/C23H25O8P/c1-5-28-20(24)16-15(14-12-10-9-11-13-14)17(21(25)29-6-2)19(23(27)31-8-4)32-18(16)22(26)30-7-3/h9-13H,5-8H2,1-4H3. The number of hydrogen-bond donors (Lipinski definition) is 0. The molecule has 9 heteroatoms. The fourth-order valence-corrected chi connectivity index (χ4v) is 4.14. The van der Waals surface area contributed by atoms with Gasteiger partial charge in [-0.05, 0) is 41.5 Å². The first-order chi connectivity index (χ1) is 15.4. The maximum Gasteiger partial charge on any atom is 0.343 e. The molecule has 0 saturated heterocycles. The van der Waals surface area contributed by atoms with E-state index in [4.69, 9.17) is 18.9 Å². The summed E-state index contributed by atoms with van der Waals surface area (Å²) in [5.74, 6) is -3.22. The van der Waals surface area contributed by atoms with E-state index in [-0.39, 0.29) is 61.9 Å². The molecule has 1 aromatic heterocycles. The zero-order valence-corrected chi connectivity index (χ0v) is 19.3. The second-order valence-corrected chi connectivity index (χ2v) is 7.30. The van der Waals surface area contributed by atoms with Gasteiger partial charge in [-0.2, -0.15) is 0 Å². The van der Waals surface area contributed by atoms with Gasteiger partial charge in [0.05, 0.1) is 37.6 Å². The van der Waals surface area contributed by atoms with Crippen LogP contribution in [0.1, 0.15) is 68.6 Å². The Morgan fingerprint density at radius 3 is 1.38 bits per heavy atom. The first-order valence-electron chi connectivity index (χ1n) is 10.2. The summed E-state index contributed by atoms with van der Waals surface area (Å²) in [6.45, 7) is 6.68. The molecule has 0 spiro atoms. The van der Waals surface area contributed by atoms with Gasteiger partial charge < -0.3 is 18.9 Å². The van der Waals surface area contributed by atoms with Crippen molar-refractivity contribution in [2.75, 3.05) is 26.4 Å². The highest BCUT2D eigenvalue weighted by atomic mass is 31.0. The highest BCUT2D eigenvalue weighted by molar-refractivity contribution is 7.35. The SMILES string of the molecule is CCOC(=O)c1pc(C(=O)OCC)c(C(=O)OCC)c(-c2ccccc2)c1C(=O)OCC. The van der Waals surface area contributed by atoms with Gasteiger partial charge in [-0.25, -0.2) is 19.2 Å². The summed E-state index contributed by atoms with van der Waals surface area (Å²) in [4.78, 5) is 51.7. The summed E-state index contributed by atoms with van der Waals surface area (Å²) in [6, 6.07) is 8.47. The first kappa shape index (κ1) is 25.0. The van der Waals surface area contributed by atoms with Crippen LogP contribution in [0.2, 0.25) is 0 Å². The summed E-state index contributed by atoms with van der Waals surface area (Å²) in [7, 11) is -0.0119. The molecule has 0 unspecified atom stereocenters. The van der Waals surface area contributed by atoms with Crippen LogP contribution in [0.5, 0.6) is 0 Å². The number of hydrogen-bond acceptors (Lipinski definition) is 8. The third-order valence-corrected chi connectivity index (χ3v) is 5.42. The minimum atomic E-state index is -0.813. The van der Waals surface area contributed by atoms with Gasteiger partial charge in [-0.15, -0.1) is 0 Å². The zero-order chi connectivity index (χ0) is 23.7. The Balaban J connectivity index is 3.06. The monoisotopic (exact) mass is 460 g/mol. The smallest absolute Gasteiger partial charge is 0.343 e. The molecular formula is C23H25O8P. The van der Waals surface area contributed by atoms with Gasteiger partial charge >= 0.3 is 23.9 Å². The molecule has 1 aromatic carbocycles. The van der Waals surface area contributed by atoms with Crippen molar-refractivity contribution in [2.45, 2.75) is 27.7 Å². The molecule has 0 bridgehead atoms. The Kier molecular flexibility index (Phi) is 9.35. The van der Waals surface area contributed by atoms with Crippen LogP contribution in [0, 0.1) is 0 Å². The molecule has 0 radical (unpaired) electrons. The van der Waals surface area contributed by atoms with E-state index in [0.717, 1.165) is 0 Å². The molecule has 32 heavy (non-hydrogen) atoms. The van der Waals surface area contributed by atoms with E-state index in [1.165, 1.54) is 0 Å². The van der Waals surface area contributed by atoms with Gasteiger partial charge in [-0.1, -0.05) is 30.3 Å². The van der Waals surface area contributed by atoms with Crippen molar-refractivity contribution < 1.29 is 38.1 Å². The fourth-order valence-electron chi connectivity index (χ4n) is 2.98. The first-order valence-corrected chi connectivity index (χ1v) is 11.1. The molecule has 0 amide bonds. The van der Waals surface area contributed by atoms with Crippen molar-refractivity contribution in [3.63, 3.8) is 0 Å². The number of benzene rings is 1. The quantitative estimate of drug-likeness (QED) is 0.394. The molecule has 0 atom stereocenters. The molecule has 0 saturated carbocycles. The van der Waals surface area contributed by atoms with Gasteiger partial charge in [-0.3, -0.25) is 0 Å². The third kappa shape index (κ3) is 5.51. The van der Waals surface area contributed by atoms with Gasteiger partial charge in [0, 0.05) is 5.56 Å². The molecule has 0 fully saturated rings. The van der Waals surface area contributed by atoms with E-state index in [2.05, 4.69) is 0 Å². The van der Waals surface area contributed by atoms with Crippen LogP contribution >= 0.6 is 8.19 Å². The van der Waals surface area contributed by atoms with Crippen molar-refractivity contribution in [1.82, 2.24) is 0 Å². The minimum absolute atomic E-state index is 0.0119. The summed E-state index contributed by atoms with van der Waals surface area (Å²) in [5.41, 5.74) is 0.202. The van der Waals surface area contributed by atoms with Gasteiger partial charge in [0.2, 0.25) is 0 Å². The normalized spacial score (nSPS) is 10.2. The van der Waals surface area contributed by atoms with E-state index < -0.39 is 23.9 Å². The Hall–Kier alpha value is -3.25. The van der Waals surface area contributed by atoms with Crippen molar-refractivity contribution >= 4 is 32.1 Å². The van der Waals surface area contributed by atoms with Crippen molar-refractivity contribution in [1.29, 1.82) is 0 Å². The van der Waals surface area contributed by atoms with Crippen LogP contribution in [0.4, 0.5) is 0 Å². The Morgan fingerprint density at radius 1 is 0.625 bits per heavy atom. The molecule has 170 valence electrons. The molecule has 1 heterocycles. The number of esters is 4. The Bertz CT molecular complexity index is 943. The summed E-state index contributed by atoms with van der Waals surface area (Å²) in [5, 5.41) is -0.222. The predicted octanol–water partition coefficient (Wildman–Crippen LogP) is 4.64. The molecule has 2 aromatic rings. The highest BCUT2D eigenvalue weighted by Crippen LogP contribution is 2.40. The van der Waals surface area contributed by atoms with E-state index in [1.54, 1.807) is 58.0 Å². The van der Waals surface area contributed by atoms with Gasteiger partial charge in [0.25, 0.3) is 0 Å². The number of ether oxygens (including phenoxy) is 4. The van der Waals surface area contributed by atoms with Crippen LogP contribution < -0.4 is 0 Å². The van der Waals surface area contributed by atoms with E-state index in [1.807, 2.05) is 0 Å². The van der Waals surface area contributed by atoms with Crippen molar-refractivity contribution in [3.8, 4) is 11.1 Å². The summed E-state index contributed by atoms with van der Waals surface area (Å²) >= 11 is 0. The molecule has 0 aliphatic heterocycles. The fraction of sp³-hybridized carbons (Fsp3) is 0.348. The molecule has 0 N–H and O–H groups in total. The lowest BCUT2D eigenvalue weighted by molar-refractivity contribution is 0.0473. The maximum atomic E-state index is 13.0. The number of rotatable bonds is 9. The van der Waals surface area contributed by atoms with Gasteiger partial charge in [0.15, 0.2) is 0 Å². The maximum absolute atomic E-state index is 13.0. The lowest BCUT2D eigenvalue weighted by atomic mass is 9.94. The second-order valence-electron chi connectivity index (χ2n) is 6.18. The minimum Gasteiger partial charge on any atom is -0.462 e. The van der Waals surface area contributed by atoms with E-state index >= 15 is 0 Å². The summed E-state index contributed by atoms with van der Waals surface area (Å²) in [6.07, 6.45) is 0. The lowest BCUT2D eigenvalue weighted by Gasteiger charge is -2.19. The van der Waals surface area contributed by atoms with Gasteiger partial charge in [0.1, 0.15) is 10.6 Å². The number of carbonyl (C=O) groups is 4. The van der Waals surface area contributed by atoms with Crippen molar-refractivity contribution in [3.05, 3.63) is 52.0 Å². The second kappa shape index (κ2) is 12.0. The average Bonchev–Trinajstić information content (AvgIpc) is 2.78. The highest BCUT2D eigenvalue weighted by Gasteiger charge is 2.34. The van der Waals surface area contributed by atoms with E-state index in [0.29, 0.717) is 5.56 Å². The Morgan fingerprint density at radius 2 is 1.00 bits per heavy atom. The van der Waals surface area contributed by atoms with E-state index in [9.17, 15) is 19.2 Å². The predicted molar refractivity (Wildman–Crippen MR) is 118 cm³/mol. The zero-order valence-electron chi connectivity index (χ0n) is 18.4. The summed E-state index contributed by atoms with van der Waals surface area (Å²) < 4.78 is 20.7.